The lowest BCUT2D eigenvalue weighted by atomic mass is 10.0. The van der Waals surface area contributed by atoms with Gasteiger partial charge < -0.3 is 15.2 Å². The SMILES string of the molecule is CCC1Sc2cc3c(cc2C1N)OCCO3. The Labute approximate surface area is 99.3 Å². The Hall–Kier alpha value is -0.870. The van der Waals surface area contributed by atoms with Crippen LogP contribution in [0, 0.1) is 0 Å². The molecule has 2 aliphatic rings. The molecule has 0 aliphatic carbocycles. The van der Waals surface area contributed by atoms with Crippen molar-refractivity contribution in [3.8, 4) is 11.5 Å². The van der Waals surface area contributed by atoms with Gasteiger partial charge in [0, 0.05) is 16.2 Å². The molecule has 0 fully saturated rings. The topological polar surface area (TPSA) is 44.5 Å². The average molecular weight is 237 g/mol. The van der Waals surface area contributed by atoms with Crippen LogP contribution in [0.25, 0.3) is 0 Å². The van der Waals surface area contributed by atoms with Crippen LogP contribution >= 0.6 is 11.8 Å². The number of fused-ring (bicyclic) bond motifs is 2. The van der Waals surface area contributed by atoms with Crippen LogP contribution in [0.1, 0.15) is 24.9 Å². The number of thioether (sulfide) groups is 1. The van der Waals surface area contributed by atoms with E-state index >= 15 is 0 Å². The first-order chi connectivity index (χ1) is 7.79. The normalized spacial score (nSPS) is 26.6. The van der Waals surface area contributed by atoms with Gasteiger partial charge in [0.05, 0.1) is 0 Å². The summed E-state index contributed by atoms with van der Waals surface area (Å²) in [5.41, 5.74) is 7.43. The van der Waals surface area contributed by atoms with E-state index in [-0.39, 0.29) is 6.04 Å². The number of benzene rings is 1. The van der Waals surface area contributed by atoms with Gasteiger partial charge in [0.25, 0.3) is 0 Å². The molecule has 0 spiro atoms. The Morgan fingerprint density at radius 2 is 2.00 bits per heavy atom. The molecule has 1 aromatic carbocycles. The molecule has 16 heavy (non-hydrogen) atoms. The van der Waals surface area contributed by atoms with Crippen molar-refractivity contribution in [2.24, 2.45) is 5.73 Å². The lowest BCUT2D eigenvalue weighted by molar-refractivity contribution is 0.171. The minimum Gasteiger partial charge on any atom is -0.486 e. The van der Waals surface area contributed by atoms with Gasteiger partial charge in [-0.15, -0.1) is 11.8 Å². The van der Waals surface area contributed by atoms with Crippen molar-refractivity contribution in [3.05, 3.63) is 17.7 Å². The summed E-state index contributed by atoms with van der Waals surface area (Å²) in [5.74, 6) is 1.71. The maximum Gasteiger partial charge on any atom is 0.162 e. The summed E-state index contributed by atoms with van der Waals surface area (Å²) in [6.07, 6.45) is 1.09. The summed E-state index contributed by atoms with van der Waals surface area (Å²) in [5, 5.41) is 0.485. The minimum absolute atomic E-state index is 0.126. The third kappa shape index (κ3) is 1.48. The van der Waals surface area contributed by atoms with Gasteiger partial charge in [0.1, 0.15) is 13.2 Å². The van der Waals surface area contributed by atoms with Crippen LogP contribution in [-0.2, 0) is 0 Å². The number of ether oxygens (including phenoxy) is 2. The van der Waals surface area contributed by atoms with Crippen molar-refractivity contribution in [1.82, 2.24) is 0 Å². The zero-order valence-electron chi connectivity index (χ0n) is 9.23. The molecule has 0 amide bonds. The lowest BCUT2D eigenvalue weighted by Gasteiger charge is -2.19. The molecule has 2 N–H and O–H groups in total. The van der Waals surface area contributed by atoms with E-state index in [1.807, 2.05) is 11.8 Å². The Kier molecular flexibility index (Phi) is 2.48. The summed E-state index contributed by atoms with van der Waals surface area (Å²) >= 11 is 1.86. The first-order valence-electron chi connectivity index (χ1n) is 5.65. The Morgan fingerprint density at radius 3 is 2.69 bits per heavy atom. The van der Waals surface area contributed by atoms with Crippen molar-refractivity contribution < 1.29 is 9.47 Å². The van der Waals surface area contributed by atoms with E-state index < -0.39 is 0 Å². The molecule has 2 unspecified atom stereocenters. The van der Waals surface area contributed by atoms with Crippen molar-refractivity contribution in [2.45, 2.75) is 29.5 Å². The largest absolute Gasteiger partial charge is 0.486 e. The molecular formula is C12H15NO2S. The Balaban J connectivity index is 2.02. The zero-order valence-corrected chi connectivity index (χ0v) is 10.0. The van der Waals surface area contributed by atoms with Crippen LogP contribution in [0.5, 0.6) is 11.5 Å². The summed E-state index contributed by atoms with van der Waals surface area (Å²) in [6.45, 7) is 3.45. The molecule has 0 saturated carbocycles. The van der Waals surface area contributed by atoms with E-state index in [2.05, 4.69) is 19.1 Å². The molecule has 1 aromatic rings. The zero-order chi connectivity index (χ0) is 11.1. The van der Waals surface area contributed by atoms with Crippen molar-refractivity contribution >= 4 is 11.8 Å². The number of nitrogens with two attached hydrogens (primary N) is 1. The summed E-state index contributed by atoms with van der Waals surface area (Å²) < 4.78 is 11.1. The molecule has 0 saturated heterocycles. The van der Waals surface area contributed by atoms with Crippen LogP contribution in [-0.4, -0.2) is 18.5 Å². The Morgan fingerprint density at radius 1 is 1.31 bits per heavy atom. The summed E-state index contributed by atoms with van der Waals surface area (Å²) in [4.78, 5) is 1.25. The first-order valence-corrected chi connectivity index (χ1v) is 6.53. The highest BCUT2D eigenvalue weighted by atomic mass is 32.2. The molecule has 0 bridgehead atoms. The molecule has 3 nitrogen and oxygen atoms in total. The van der Waals surface area contributed by atoms with Gasteiger partial charge in [-0.2, -0.15) is 0 Å². The molecule has 0 aromatic heterocycles. The van der Waals surface area contributed by atoms with E-state index in [4.69, 9.17) is 15.2 Å². The van der Waals surface area contributed by atoms with Crippen molar-refractivity contribution in [1.29, 1.82) is 0 Å². The number of rotatable bonds is 1. The summed E-state index contributed by atoms with van der Waals surface area (Å²) in [6, 6.07) is 4.25. The van der Waals surface area contributed by atoms with Gasteiger partial charge in [-0.25, -0.2) is 0 Å². The van der Waals surface area contributed by atoms with E-state index in [9.17, 15) is 0 Å². The van der Waals surface area contributed by atoms with E-state index in [0.717, 1.165) is 17.9 Å². The third-order valence-electron chi connectivity index (χ3n) is 3.11. The number of hydrogen-bond donors (Lipinski definition) is 1. The molecule has 2 heterocycles. The molecular weight excluding hydrogens is 222 g/mol. The average Bonchev–Trinajstić information content (AvgIpc) is 2.63. The maximum absolute atomic E-state index is 6.22. The van der Waals surface area contributed by atoms with Gasteiger partial charge in [-0.05, 0) is 24.1 Å². The molecule has 3 rings (SSSR count). The Bertz CT molecular complexity index is 422. The van der Waals surface area contributed by atoms with Gasteiger partial charge >= 0.3 is 0 Å². The van der Waals surface area contributed by atoms with Gasteiger partial charge in [-0.1, -0.05) is 6.92 Å². The third-order valence-corrected chi connectivity index (χ3v) is 4.65. The highest BCUT2D eigenvalue weighted by Gasteiger charge is 2.31. The standard InChI is InChI=1S/C12H15NO2S/c1-2-10-12(13)7-5-8-9(6-11(7)16-10)15-4-3-14-8/h5-6,10,12H,2-4,13H2,1H3. The first kappa shape index (κ1) is 10.3. The second-order valence-corrected chi connectivity index (χ2v) is 5.41. The van der Waals surface area contributed by atoms with Gasteiger partial charge in [0.2, 0.25) is 0 Å². The fourth-order valence-corrected chi connectivity index (χ4v) is 3.51. The second-order valence-electron chi connectivity index (χ2n) is 4.12. The van der Waals surface area contributed by atoms with Crippen LogP contribution in [0.4, 0.5) is 0 Å². The minimum atomic E-state index is 0.126. The van der Waals surface area contributed by atoms with Crippen molar-refractivity contribution in [3.63, 3.8) is 0 Å². The van der Waals surface area contributed by atoms with Gasteiger partial charge in [-0.3, -0.25) is 0 Å². The van der Waals surface area contributed by atoms with Gasteiger partial charge in [0.15, 0.2) is 11.5 Å². The monoisotopic (exact) mass is 237 g/mol. The fraction of sp³-hybridized carbons (Fsp3) is 0.500. The lowest BCUT2D eigenvalue weighted by Crippen LogP contribution is -2.19. The predicted octanol–water partition coefficient (Wildman–Crippen LogP) is 2.34. The highest BCUT2D eigenvalue weighted by molar-refractivity contribution is 8.00. The summed E-state index contributed by atoms with van der Waals surface area (Å²) in [7, 11) is 0. The van der Waals surface area contributed by atoms with Crippen LogP contribution in [0.2, 0.25) is 0 Å². The van der Waals surface area contributed by atoms with Crippen LogP contribution in [0.15, 0.2) is 17.0 Å². The number of hydrogen-bond acceptors (Lipinski definition) is 4. The fourth-order valence-electron chi connectivity index (χ4n) is 2.22. The molecule has 2 aliphatic heterocycles. The maximum atomic E-state index is 6.22. The molecule has 2 atom stereocenters. The molecule has 4 heteroatoms. The quantitative estimate of drug-likeness (QED) is 0.814. The van der Waals surface area contributed by atoms with Crippen LogP contribution in [0.3, 0.4) is 0 Å². The van der Waals surface area contributed by atoms with E-state index in [1.165, 1.54) is 10.5 Å². The van der Waals surface area contributed by atoms with Crippen LogP contribution < -0.4 is 15.2 Å². The van der Waals surface area contributed by atoms with E-state index in [0.29, 0.717) is 18.5 Å². The van der Waals surface area contributed by atoms with E-state index in [1.54, 1.807) is 0 Å². The van der Waals surface area contributed by atoms with Crippen molar-refractivity contribution in [2.75, 3.05) is 13.2 Å². The molecule has 86 valence electrons. The predicted molar refractivity (Wildman–Crippen MR) is 64.3 cm³/mol. The smallest absolute Gasteiger partial charge is 0.162 e. The second kappa shape index (κ2) is 3.86. The highest BCUT2D eigenvalue weighted by Crippen LogP contribution is 2.48. The molecule has 0 radical (unpaired) electrons.